The lowest BCUT2D eigenvalue weighted by Gasteiger charge is -2.11. The molecule has 16 heavy (non-hydrogen) atoms. The van der Waals surface area contributed by atoms with Crippen LogP contribution in [0.25, 0.3) is 0 Å². The molecule has 0 aliphatic carbocycles. The number of methoxy groups -OCH3 is 1. The van der Waals surface area contributed by atoms with E-state index in [9.17, 15) is 4.79 Å². The van der Waals surface area contributed by atoms with E-state index in [0.29, 0.717) is 5.02 Å². The van der Waals surface area contributed by atoms with Crippen molar-refractivity contribution < 1.29 is 9.53 Å². The predicted octanol–water partition coefficient (Wildman–Crippen LogP) is 2.63. The van der Waals surface area contributed by atoms with Crippen molar-refractivity contribution in [1.82, 2.24) is 0 Å². The Balaban J connectivity index is 0.00000225. The molecule has 0 aromatic heterocycles. The molecule has 1 aromatic carbocycles. The van der Waals surface area contributed by atoms with Gasteiger partial charge in [-0.1, -0.05) is 23.7 Å². The minimum Gasteiger partial charge on any atom is -0.469 e. The number of benzene rings is 1. The Morgan fingerprint density at radius 3 is 2.69 bits per heavy atom. The minimum absolute atomic E-state index is 0. The Morgan fingerprint density at radius 2 is 2.19 bits per heavy atom. The number of carbonyl (C=O) groups is 1. The molecular weight excluding hydrogens is 249 g/mol. The summed E-state index contributed by atoms with van der Waals surface area (Å²) >= 11 is 5.96. The number of aryl methyl sites for hydroxylation is 1. The second-order valence-electron chi connectivity index (χ2n) is 3.40. The van der Waals surface area contributed by atoms with E-state index in [-0.39, 0.29) is 30.8 Å². The predicted molar refractivity (Wildman–Crippen MR) is 67.0 cm³/mol. The van der Waals surface area contributed by atoms with Crippen molar-refractivity contribution in [3.63, 3.8) is 0 Å². The number of rotatable bonds is 3. The molecule has 0 aliphatic rings. The minimum atomic E-state index is -0.365. The van der Waals surface area contributed by atoms with Gasteiger partial charge in [0.05, 0.1) is 13.5 Å². The van der Waals surface area contributed by atoms with Gasteiger partial charge in [0, 0.05) is 11.1 Å². The molecule has 0 unspecified atom stereocenters. The van der Waals surface area contributed by atoms with Crippen LogP contribution >= 0.6 is 24.0 Å². The van der Waals surface area contributed by atoms with E-state index in [2.05, 4.69) is 4.74 Å². The number of ether oxygens (including phenoxy) is 1. The van der Waals surface area contributed by atoms with Gasteiger partial charge in [0.2, 0.25) is 0 Å². The zero-order valence-corrected chi connectivity index (χ0v) is 10.8. The van der Waals surface area contributed by atoms with E-state index in [1.807, 2.05) is 19.1 Å². The van der Waals surface area contributed by atoms with E-state index in [0.717, 1.165) is 11.1 Å². The van der Waals surface area contributed by atoms with Crippen LogP contribution in [0.1, 0.15) is 23.6 Å². The highest BCUT2D eigenvalue weighted by molar-refractivity contribution is 6.31. The van der Waals surface area contributed by atoms with Gasteiger partial charge in [-0.05, 0) is 24.1 Å². The quantitative estimate of drug-likeness (QED) is 0.854. The van der Waals surface area contributed by atoms with E-state index in [4.69, 9.17) is 17.3 Å². The molecule has 0 radical (unpaired) electrons. The zero-order chi connectivity index (χ0) is 11.4. The topological polar surface area (TPSA) is 52.3 Å². The summed E-state index contributed by atoms with van der Waals surface area (Å²) in [5.74, 6) is -0.320. The first-order valence-corrected chi connectivity index (χ1v) is 5.01. The van der Waals surface area contributed by atoms with E-state index >= 15 is 0 Å². The first-order chi connectivity index (χ1) is 7.04. The molecule has 90 valence electrons. The number of nitrogens with two attached hydrogens (primary N) is 1. The fourth-order valence-electron chi connectivity index (χ4n) is 1.22. The van der Waals surface area contributed by atoms with E-state index < -0.39 is 0 Å². The van der Waals surface area contributed by atoms with Crippen LogP contribution in [-0.2, 0) is 9.53 Å². The monoisotopic (exact) mass is 263 g/mol. The van der Waals surface area contributed by atoms with Gasteiger partial charge >= 0.3 is 5.97 Å². The lowest BCUT2D eigenvalue weighted by molar-refractivity contribution is -0.141. The van der Waals surface area contributed by atoms with Crippen LogP contribution in [-0.4, -0.2) is 13.1 Å². The van der Waals surface area contributed by atoms with Crippen molar-refractivity contribution in [2.45, 2.75) is 19.4 Å². The molecule has 0 saturated heterocycles. The summed E-state index contributed by atoms with van der Waals surface area (Å²) in [7, 11) is 1.34. The molecule has 0 fully saturated rings. The van der Waals surface area contributed by atoms with Gasteiger partial charge in [-0.25, -0.2) is 0 Å². The second kappa shape index (κ2) is 6.74. The molecule has 2 N–H and O–H groups in total. The summed E-state index contributed by atoms with van der Waals surface area (Å²) in [5.41, 5.74) is 7.67. The Hall–Kier alpha value is -0.770. The normalized spacial score (nSPS) is 11.5. The smallest absolute Gasteiger partial charge is 0.307 e. The molecule has 0 bridgehead atoms. The van der Waals surface area contributed by atoms with Crippen LogP contribution in [0, 0.1) is 6.92 Å². The lowest BCUT2D eigenvalue weighted by Crippen LogP contribution is -2.16. The first-order valence-electron chi connectivity index (χ1n) is 4.63. The highest BCUT2D eigenvalue weighted by Crippen LogP contribution is 2.21. The third kappa shape index (κ3) is 4.00. The number of halogens is 2. The van der Waals surface area contributed by atoms with Gasteiger partial charge in [-0.3, -0.25) is 4.79 Å². The molecular formula is C11H15Cl2NO2. The van der Waals surface area contributed by atoms with Crippen molar-refractivity contribution in [2.24, 2.45) is 5.73 Å². The lowest BCUT2D eigenvalue weighted by atomic mass is 10.0. The first kappa shape index (κ1) is 15.2. The molecule has 0 aliphatic heterocycles. The van der Waals surface area contributed by atoms with Crippen LogP contribution in [0.2, 0.25) is 5.02 Å². The van der Waals surface area contributed by atoms with E-state index in [1.165, 1.54) is 7.11 Å². The van der Waals surface area contributed by atoms with Crippen LogP contribution in [0.3, 0.4) is 0 Å². The Bertz CT molecular complexity index is 369. The molecule has 0 amide bonds. The molecule has 1 rings (SSSR count). The van der Waals surface area contributed by atoms with Crippen LogP contribution < -0.4 is 5.73 Å². The highest BCUT2D eigenvalue weighted by atomic mass is 35.5. The fraction of sp³-hybridized carbons (Fsp3) is 0.364. The largest absolute Gasteiger partial charge is 0.469 e. The van der Waals surface area contributed by atoms with Gasteiger partial charge in [-0.2, -0.15) is 0 Å². The highest BCUT2D eigenvalue weighted by Gasteiger charge is 2.12. The summed E-state index contributed by atoms with van der Waals surface area (Å²) in [5, 5.41) is 0.660. The summed E-state index contributed by atoms with van der Waals surface area (Å²) in [4.78, 5) is 11.0. The molecule has 3 nitrogen and oxygen atoms in total. The van der Waals surface area contributed by atoms with Crippen molar-refractivity contribution in [2.75, 3.05) is 7.11 Å². The van der Waals surface area contributed by atoms with Crippen LogP contribution in [0.15, 0.2) is 18.2 Å². The molecule has 1 atom stereocenters. The number of esters is 1. The molecule has 5 heteroatoms. The van der Waals surface area contributed by atoms with Gasteiger partial charge in [-0.15, -0.1) is 12.4 Å². The maximum Gasteiger partial charge on any atom is 0.307 e. The van der Waals surface area contributed by atoms with Gasteiger partial charge in [0.25, 0.3) is 0 Å². The maximum atomic E-state index is 11.0. The number of hydrogen-bond donors (Lipinski definition) is 1. The van der Waals surface area contributed by atoms with Gasteiger partial charge in [0.15, 0.2) is 0 Å². The number of carbonyl (C=O) groups excluding carboxylic acids is 1. The van der Waals surface area contributed by atoms with Gasteiger partial charge < -0.3 is 10.5 Å². The van der Waals surface area contributed by atoms with Gasteiger partial charge in [0.1, 0.15) is 0 Å². The van der Waals surface area contributed by atoms with Crippen LogP contribution in [0.5, 0.6) is 0 Å². The third-order valence-corrected chi connectivity index (χ3v) is 2.65. The SMILES string of the molecule is COC(=O)C[C@@H](N)c1ccc(C)c(Cl)c1.Cl. The standard InChI is InChI=1S/C11H14ClNO2.ClH/c1-7-3-4-8(5-9(7)12)10(13)6-11(14)15-2;/h3-5,10H,6,13H2,1-2H3;1H/t10-;/m1./s1. The Labute approximate surface area is 106 Å². The van der Waals surface area contributed by atoms with Crippen molar-refractivity contribution in [3.05, 3.63) is 34.3 Å². The average molecular weight is 264 g/mol. The van der Waals surface area contributed by atoms with E-state index in [1.54, 1.807) is 6.07 Å². The average Bonchev–Trinajstić information content (AvgIpc) is 2.21. The second-order valence-corrected chi connectivity index (χ2v) is 3.80. The summed E-state index contributed by atoms with van der Waals surface area (Å²) in [6, 6.07) is 5.17. The molecule has 0 spiro atoms. The van der Waals surface area contributed by atoms with Crippen molar-refractivity contribution in [1.29, 1.82) is 0 Å². The molecule has 1 aromatic rings. The molecule has 0 heterocycles. The summed E-state index contributed by atoms with van der Waals surface area (Å²) in [6.07, 6.45) is 0.163. The fourth-order valence-corrected chi connectivity index (χ4v) is 1.41. The number of hydrogen-bond acceptors (Lipinski definition) is 3. The summed E-state index contributed by atoms with van der Waals surface area (Å²) in [6.45, 7) is 1.91. The van der Waals surface area contributed by atoms with Crippen molar-refractivity contribution in [3.8, 4) is 0 Å². The summed E-state index contributed by atoms with van der Waals surface area (Å²) < 4.78 is 4.54. The van der Waals surface area contributed by atoms with Crippen LogP contribution in [0.4, 0.5) is 0 Å². The zero-order valence-electron chi connectivity index (χ0n) is 9.20. The third-order valence-electron chi connectivity index (χ3n) is 2.24. The van der Waals surface area contributed by atoms with Crippen molar-refractivity contribution >= 4 is 30.0 Å². The molecule has 0 saturated carbocycles. The Kier molecular flexibility index (Phi) is 6.41. The Morgan fingerprint density at radius 1 is 1.56 bits per heavy atom. The maximum absolute atomic E-state index is 11.0.